The van der Waals surface area contributed by atoms with Crippen LogP contribution in [-0.4, -0.2) is 61.8 Å². The molecule has 1 atom stereocenters. The van der Waals surface area contributed by atoms with Gasteiger partial charge in [-0.1, -0.05) is 30.9 Å². The number of halogens is 2. The second-order valence-electron chi connectivity index (χ2n) is 9.24. The molecule has 0 saturated carbocycles. The first kappa shape index (κ1) is 30.3. The molecular formula is C24H28ClFN6O3Pr-2. The average molecular weight is 644 g/mol. The minimum absolute atomic E-state index is 0. The standard InChI is InChI=1S/C23H25ClFN6O3.CH3.Pr/c1-13-6-7-26-11-17(13)31-20-15(10-16(25)18(24)27-20)19(28-21(31)32)30-9-8-29(12-14(30)2)22(33)34-23(3,4)5;;/h6-7,10,14H,8-9,12H2,1-5H3;1H3;/q2*-1;. The summed E-state index contributed by atoms with van der Waals surface area (Å²) in [7, 11) is 0. The number of amides is 1. The van der Waals surface area contributed by atoms with Crippen molar-refractivity contribution in [2.45, 2.75) is 46.3 Å². The summed E-state index contributed by atoms with van der Waals surface area (Å²) in [4.78, 5) is 41.6. The summed E-state index contributed by atoms with van der Waals surface area (Å²) >= 11 is 5.99. The number of nitrogens with zero attached hydrogens (tertiary/aromatic N) is 6. The molecule has 0 aromatic carbocycles. The summed E-state index contributed by atoms with van der Waals surface area (Å²) in [5.74, 6) is -0.452. The van der Waals surface area contributed by atoms with Gasteiger partial charge in [0.15, 0.2) is 16.6 Å². The van der Waals surface area contributed by atoms with Gasteiger partial charge in [-0.3, -0.25) is 4.57 Å². The molecule has 3 aromatic rings. The van der Waals surface area contributed by atoms with Crippen molar-refractivity contribution in [3.63, 3.8) is 0 Å². The third-order valence-electron chi connectivity index (χ3n) is 5.48. The first-order valence-corrected chi connectivity index (χ1v) is 11.2. The molecule has 0 N–H and O–H groups in total. The maximum absolute atomic E-state index is 14.5. The third kappa shape index (κ3) is 6.14. The topological polar surface area (TPSA) is 93.5 Å². The van der Waals surface area contributed by atoms with Crippen molar-refractivity contribution in [2.24, 2.45) is 0 Å². The van der Waals surface area contributed by atoms with E-state index in [0.717, 1.165) is 5.56 Å². The number of piperazine rings is 1. The average Bonchev–Trinajstić information content (AvgIpc) is 2.74. The van der Waals surface area contributed by atoms with Gasteiger partial charge in [0.05, 0.1) is 5.39 Å². The van der Waals surface area contributed by atoms with Gasteiger partial charge in [0, 0.05) is 67.0 Å². The number of fused-ring (bicyclic) bond motifs is 1. The second kappa shape index (κ2) is 11.6. The number of ether oxygens (including phenoxy) is 1. The fraction of sp³-hybridized carbons (Fsp3) is 0.417. The summed E-state index contributed by atoms with van der Waals surface area (Å²) in [5, 5.41) is -0.0437. The number of carbonyl (C=O) groups is 1. The van der Waals surface area contributed by atoms with Gasteiger partial charge in [0.25, 0.3) is 0 Å². The Labute approximate surface area is 248 Å². The maximum atomic E-state index is 14.5. The van der Waals surface area contributed by atoms with Crippen LogP contribution in [0.3, 0.4) is 0 Å². The predicted molar refractivity (Wildman–Crippen MR) is 132 cm³/mol. The third-order valence-corrected chi connectivity index (χ3v) is 5.74. The zero-order chi connectivity index (χ0) is 24.8. The van der Waals surface area contributed by atoms with Crippen LogP contribution in [0.2, 0.25) is 5.15 Å². The zero-order valence-electron chi connectivity index (χ0n) is 21.2. The molecule has 1 aliphatic heterocycles. The van der Waals surface area contributed by atoms with E-state index in [-0.39, 0.29) is 71.4 Å². The molecule has 1 fully saturated rings. The second-order valence-corrected chi connectivity index (χ2v) is 9.60. The number of carbonyl (C=O) groups excluding carboxylic acids is 1. The van der Waals surface area contributed by atoms with Crippen molar-refractivity contribution in [3.8, 4) is 5.69 Å². The van der Waals surface area contributed by atoms with Gasteiger partial charge in [-0.25, -0.2) is 19.0 Å². The Morgan fingerprint density at radius 3 is 2.58 bits per heavy atom. The van der Waals surface area contributed by atoms with E-state index >= 15 is 0 Å². The smallest absolute Gasteiger partial charge is 0.410 e. The molecule has 191 valence electrons. The predicted octanol–water partition coefficient (Wildman–Crippen LogP) is 3.97. The Morgan fingerprint density at radius 1 is 1.28 bits per heavy atom. The first-order valence-electron chi connectivity index (χ1n) is 10.8. The summed E-state index contributed by atoms with van der Waals surface area (Å²) in [6.45, 7) is 10.2. The molecule has 1 amide bonds. The van der Waals surface area contributed by atoms with Crippen molar-refractivity contribution in [3.05, 3.63) is 59.0 Å². The maximum Gasteiger partial charge on any atom is 0.410 e. The molecular weight excluding hydrogens is 616 g/mol. The van der Waals surface area contributed by atoms with Crippen LogP contribution >= 0.6 is 11.6 Å². The Hall–Kier alpha value is -1.91. The monoisotopic (exact) mass is 643 g/mol. The molecule has 1 saturated heterocycles. The number of anilines is 1. The van der Waals surface area contributed by atoms with Crippen molar-refractivity contribution in [1.82, 2.24) is 24.4 Å². The fourth-order valence-corrected chi connectivity index (χ4v) is 4.04. The molecule has 1 radical (unpaired) electrons. The first-order chi connectivity index (χ1) is 16.0. The van der Waals surface area contributed by atoms with Gasteiger partial charge >= 0.3 is 11.8 Å². The minimum Gasteiger partial charge on any atom is -0.444 e. The molecule has 1 unspecified atom stereocenters. The van der Waals surface area contributed by atoms with Crippen LogP contribution < -0.4 is 10.6 Å². The Kier molecular flexibility index (Phi) is 9.81. The van der Waals surface area contributed by atoms with Gasteiger partial charge in [0.1, 0.15) is 11.4 Å². The van der Waals surface area contributed by atoms with E-state index in [4.69, 9.17) is 16.3 Å². The van der Waals surface area contributed by atoms with Crippen molar-refractivity contribution in [2.75, 3.05) is 24.5 Å². The van der Waals surface area contributed by atoms with Crippen LogP contribution in [0.4, 0.5) is 15.0 Å². The molecule has 4 rings (SSSR count). The number of hydrogen-bond acceptors (Lipinski definition) is 7. The number of aromatic nitrogens is 4. The normalized spacial score (nSPS) is 15.8. The van der Waals surface area contributed by atoms with E-state index in [1.807, 2.05) is 32.6 Å². The minimum atomic E-state index is -0.727. The quantitative estimate of drug-likeness (QED) is 0.308. The molecule has 0 bridgehead atoms. The van der Waals surface area contributed by atoms with Crippen LogP contribution in [0.25, 0.3) is 16.7 Å². The van der Waals surface area contributed by atoms with E-state index in [1.165, 1.54) is 10.6 Å². The van der Waals surface area contributed by atoms with Crippen molar-refractivity contribution >= 4 is 34.5 Å². The van der Waals surface area contributed by atoms with Crippen molar-refractivity contribution < 1.29 is 55.2 Å². The molecule has 1 aliphatic rings. The Balaban J connectivity index is 0.00000228. The largest absolute Gasteiger partial charge is 0.444 e. The van der Waals surface area contributed by atoms with Crippen LogP contribution in [0.1, 0.15) is 33.3 Å². The summed E-state index contributed by atoms with van der Waals surface area (Å²) < 4.78 is 21.2. The summed E-state index contributed by atoms with van der Waals surface area (Å²) in [6, 6.07) is 2.72. The van der Waals surface area contributed by atoms with Crippen LogP contribution in [0.15, 0.2) is 23.1 Å². The van der Waals surface area contributed by atoms with Gasteiger partial charge in [-0.05, 0) is 39.4 Å². The Morgan fingerprint density at radius 2 is 1.97 bits per heavy atom. The molecule has 9 nitrogen and oxygen atoms in total. The van der Waals surface area contributed by atoms with Crippen LogP contribution in [0, 0.1) is 67.7 Å². The van der Waals surface area contributed by atoms with Crippen LogP contribution in [0.5, 0.6) is 0 Å². The number of pyridine rings is 2. The number of aryl methyl sites for hydroxylation is 1. The van der Waals surface area contributed by atoms with E-state index < -0.39 is 23.2 Å². The molecule has 3 aromatic heterocycles. The Bertz CT molecular complexity index is 1330. The zero-order valence-corrected chi connectivity index (χ0v) is 25.6. The number of rotatable bonds is 2. The molecule has 0 spiro atoms. The molecule has 4 heterocycles. The van der Waals surface area contributed by atoms with E-state index in [0.29, 0.717) is 30.7 Å². The van der Waals surface area contributed by atoms with E-state index in [2.05, 4.69) is 21.1 Å². The van der Waals surface area contributed by atoms with Gasteiger partial charge in [-0.15, -0.1) is 5.56 Å². The van der Waals surface area contributed by atoms with Crippen molar-refractivity contribution in [1.29, 1.82) is 0 Å². The van der Waals surface area contributed by atoms with E-state index in [1.54, 1.807) is 24.1 Å². The molecule has 36 heavy (non-hydrogen) atoms. The van der Waals surface area contributed by atoms with Gasteiger partial charge in [-0.2, -0.15) is 11.1 Å². The summed E-state index contributed by atoms with van der Waals surface area (Å²) in [6.07, 6.45) is 3.94. The van der Waals surface area contributed by atoms with Crippen LogP contribution in [-0.2, 0) is 4.74 Å². The molecule has 12 heteroatoms. The van der Waals surface area contributed by atoms with Gasteiger partial charge in [0.2, 0.25) is 0 Å². The summed E-state index contributed by atoms with van der Waals surface area (Å²) in [5.41, 5.74) is -0.00438. The van der Waals surface area contributed by atoms with Gasteiger partial charge < -0.3 is 26.9 Å². The fourth-order valence-electron chi connectivity index (χ4n) is 3.91. The number of hydrogen-bond donors (Lipinski definition) is 0. The molecule has 0 aliphatic carbocycles. The SMILES string of the molecule is Cc1ccn[c-]c1-n1c(=O)nc(N2CCN(C(=O)OC(C)(C)C)CC2C)c2cc(F)c(Cl)nc21.[CH3-].[Pr]. The van der Waals surface area contributed by atoms with E-state index in [9.17, 15) is 14.0 Å².